The lowest BCUT2D eigenvalue weighted by Crippen LogP contribution is -2.29. The fraction of sp³-hybridized carbons (Fsp3) is 0.480. The van der Waals surface area contributed by atoms with E-state index in [1.54, 1.807) is 13.8 Å². The van der Waals surface area contributed by atoms with Crippen LogP contribution in [0.1, 0.15) is 56.7 Å². The van der Waals surface area contributed by atoms with E-state index in [1.807, 2.05) is 18.2 Å². The molecule has 0 saturated carbocycles. The maximum Gasteiger partial charge on any atom is 0.320 e. The van der Waals surface area contributed by atoms with E-state index in [0.717, 1.165) is 47.1 Å². The van der Waals surface area contributed by atoms with Crippen LogP contribution in [0.25, 0.3) is 10.9 Å². The molecule has 0 aliphatic heterocycles. The van der Waals surface area contributed by atoms with E-state index in [9.17, 15) is 9.59 Å². The quantitative estimate of drug-likeness (QED) is 0.359. The van der Waals surface area contributed by atoms with E-state index in [0.29, 0.717) is 29.7 Å². The lowest BCUT2D eigenvalue weighted by Gasteiger charge is -2.36. The summed E-state index contributed by atoms with van der Waals surface area (Å²) in [5, 5.41) is 1.59. The first-order chi connectivity index (χ1) is 15.4. The number of nitrogens with zero attached hydrogens (tertiary/aromatic N) is 1. The number of fused-ring (bicyclic) bond motifs is 5. The Hall–Kier alpha value is -2.60. The summed E-state index contributed by atoms with van der Waals surface area (Å²) in [6, 6.07) is 5.65. The zero-order valence-electron chi connectivity index (χ0n) is 18.5. The monoisotopic (exact) mass is 456 g/mol. The average molecular weight is 457 g/mol. The van der Waals surface area contributed by atoms with Gasteiger partial charge in [0.05, 0.1) is 18.7 Å². The fourth-order valence-electron chi connectivity index (χ4n) is 5.12. The number of allylic oxidation sites excluding steroid dienone is 2. The number of halogens is 1. The number of esters is 2. The van der Waals surface area contributed by atoms with Gasteiger partial charge < -0.3 is 15.2 Å². The number of benzene rings is 1. The van der Waals surface area contributed by atoms with Crippen molar-refractivity contribution in [2.75, 3.05) is 18.9 Å². The van der Waals surface area contributed by atoms with Gasteiger partial charge in [-0.15, -0.1) is 0 Å². The molecule has 4 rings (SSSR count). The van der Waals surface area contributed by atoms with Crippen molar-refractivity contribution in [1.29, 1.82) is 0 Å². The third kappa shape index (κ3) is 4.46. The number of ether oxygens (including phenoxy) is 2. The van der Waals surface area contributed by atoms with E-state index in [4.69, 9.17) is 31.8 Å². The molecule has 7 heteroatoms. The van der Waals surface area contributed by atoms with Crippen molar-refractivity contribution in [3.8, 4) is 0 Å². The van der Waals surface area contributed by atoms with E-state index < -0.39 is 17.9 Å². The summed E-state index contributed by atoms with van der Waals surface area (Å²) in [5.41, 5.74) is 11.7. The number of pyridine rings is 1. The van der Waals surface area contributed by atoms with Crippen molar-refractivity contribution >= 4 is 40.1 Å². The maximum absolute atomic E-state index is 12.3. The van der Waals surface area contributed by atoms with E-state index in [1.165, 1.54) is 5.57 Å². The molecule has 0 fully saturated rings. The number of carbonyl (C=O) groups is 2. The smallest absolute Gasteiger partial charge is 0.320 e. The number of nitrogens with two attached hydrogens (primary N) is 1. The van der Waals surface area contributed by atoms with Gasteiger partial charge in [0.2, 0.25) is 0 Å². The second kappa shape index (κ2) is 9.49. The highest BCUT2D eigenvalue weighted by molar-refractivity contribution is 6.31. The summed E-state index contributed by atoms with van der Waals surface area (Å²) in [7, 11) is 0. The molecule has 0 saturated heterocycles. The SMILES string of the molecule is CCOC(=O)C(CCC1=CC2Cc3nc4cc(Cl)ccc4c(N)c3C(C1)C2)C(=O)OCC. The summed E-state index contributed by atoms with van der Waals surface area (Å²) in [4.78, 5) is 29.5. The Kier molecular flexibility index (Phi) is 6.70. The first-order valence-electron chi connectivity index (χ1n) is 11.3. The molecule has 6 nitrogen and oxygen atoms in total. The van der Waals surface area contributed by atoms with E-state index in [-0.39, 0.29) is 13.2 Å². The number of rotatable bonds is 7. The summed E-state index contributed by atoms with van der Waals surface area (Å²) >= 11 is 6.16. The van der Waals surface area contributed by atoms with Crippen molar-refractivity contribution in [2.24, 2.45) is 11.8 Å². The van der Waals surface area contributed by atoms with Gasteiger partial charge in [0.25, 0.3) is 0 Å². The Morgan fingerprint density at radius 2 is 1.91 bits per heavy atom. The Balaban J connectivity index is 1.54. The Bertz CT molecular complexity index is 1060. The molecule has 2 aromatic rings. The zero-order chi connectivity index (χ0) is 22.8. The lowest BCUT2D eigenvalue weighted by molar-refractivity contribution is -0.161. The largest absolute Gasteiger partial charge is 0.465 e. The number of hydrogen-bond donors (Lipinski definition) is 1. The third-order valence-electron chi connectivity index (χ3n) is 6.43. The van der Waals surface area contributed by atoms with Gasteiger partial charge in [0.1, 0.15) is 0 Å². The molecular weight excluding hydrogens is 428 g/mol. The molecule has 2 aliphatic rings. The van der Waals surface area contributed by atoms with Crippen LogP contribution in [0.15, 0.2) is 29.8 Å². The van der Waals surface area contributed by atoms with Gasteiger partial charge >= 0.3 is 11.9 Å². The van der Waals surface area contributed by atoms with Crippen LogP contribution >= 0.6 is 11.6 Å². The Morgan fingerprint density at radius 1 is 1.19 bits per heavy atom. The predicted molar refractivity (Wildman–Crippen MR) is 124 cm³/mol. The Morgan fingerprint density at radius 3 is 2.59 bits per heavy atom. The van der Waals surface area contributed by atoms with Crippen LogP contribution in [0.4, 0.5) is 5.69 Å². The summed E-state index contributed by atoms with van der Waals surface area (Å²) in [6.45, 7) is 3.95. The average Bonchev–Trinajstić information content (AvgIpc) is 2.73. The standard InChI is InChI=1S/C25H29ClN2O4/c1-3-31-24(29)19(25(30)32-4-2)7-5-14-9-15-11-16(10-14)22-21(12-15)28-20-13-17(26)6-8-18(20)23(22)27/h6,8-9,13,15-16,19H,3-5,7,10-12H2,1-2H3,(H2,27,28). The molecule has 0 amide bonds. The van der Waals surface area contributed by atoms with Crippen LogP contribution in [0.2, 0.25) is 5.02 Å². The molecule has 0 radical (unpaired) electrons. The molecule has 0 spiro atoms. The molecule has 2 bridgehead atoms. The zero-order valence-corrected chi connectivity index (χ0v) is 19.3. The minimum atomic E-state index is -0.884. The van der Waals surface area contributed by atoms with Crippen LogP contribution in [0.3, 0.4) is 0 Å². The van der Waals surface area contributed by atoms with E-state index in [2.05, 4.69) is 6.08 Å². The highest BCUT2D eigenvalue weighted by atomic mass is 35.5. The normalized spacial score (nSPS) is 19.4. The highest BCUT2D eigenvalue weighted by Crippen LogP contribution is 2.47. The summed E-state index contributed by atoms with van der Waals surface area (Å²) < 4.78 is 10.2. The first kappa shape index (κ1) is 22.6. The minimum absolute atomic E-state index is 0.240. The van der Waals surface area contributed by atoms with Crippen molar-refractivity contribution in [3.63, 3.8) is 0 Å². The molecular formula is C25H29ClN2O4. The van der Waals surface area contributed by atoms with Crippen molar-refractivity contribution in [1.82, 2.24) is 4.98 Å². The van der Waals surface area contributed by atoms with Crippen LogP contribution in [0.5, 0.6) is 0 Å². The van der Waals surface area contributed by atoms with Gasteiger partial charge in [-0.3, -0.25) is 14.6 Å². The molecule has 2 atom stereocenters. The van der Waals surface area contributed by atoms with Gasteiger partial charge in [-0.05, 0) is 76.0 Å². The third-order valence-corrected chi connectivity index (χ3v) is 6.67. The molecule has 1 aromatic heterocycles. The van der Waals surface area contributed by atoms with E-state index >= 15 is 0 Å². The molecule has 2 unspecified atom stereocenters. The molecule has 170 valence electrons. The first-order valence-corrected chi connectivity index (χ1v) is 11.7. The van der Waals surface area contributed by atoms with Gasteiger partial charge in [0, 0.05) is 27.4 Å². The van der Waals surface area contributed by atoms with Crippen LogP contribution in [-0.4, -0.2) is 30.1 Å². The number of nitrogen functional groups attached to an aromatic ring is 1. The minimum Gasteiger partial charge on any atom is -0.465 e. The predicted octanol–water partition coefficient (Wildman–Crippen LogP) is 4.97. The van der Waals surface area contributed by atoms with Crippen molar-refractivity contribution in [2.45, 2.75) is 51.9 Å². The maximum atomic E-state index is 12.3. The molecule has 1 aromatic carbocycles. The van der Waals surface area contributed by atoms with Gasteiger partial charge in [0.15, 0.2) is 5.92 Å². The van der Waals surface area contributed by atoms with Crippen LogP contribution in [0, 0.1) is 11.8 Å². The Labute approximate surface area is 193 Å². The lowest BCUT2D eigenvalue weighted by atomic mass is 9.70. The highest BCUT2D eigenvalue weighted by Gasteiger charge is 2.35. The number of carbonyl (C=O) groups excluding carboxylic acids is 2. The van der Waals surface area contributed by atoms with Crippen molar-refractivity contribution < 1.29 is 19.1 Å². The van der Waals surface area contributed by atoms with Gasteiger partial charge in [-0.1, -0.05) is 23.3 Å². The van der Waals surface area contributed by atoms with Gasteiger partial charge in [-0.2, -0.15) is 0 Å². The summed E-state index contributed by atoms with van der Waals surface area (Å²) in [6.07, 6.45) is 6.07. The number of hydrogen-bond acceptors (Lipinski definition) is 6. The fourth-order valence-corrected chi connectivity index (χ4v) is 5.29. The molecule has 1 heterocycles. The molecule has 2 aliphatic carbocycles. The second-order valence-electron chi connectivity index (χ2n) is 8.57. The summed E-state index contributed by atoms with van der Waals surface area (Å²) in [5.74, 6) is -1.23. The van der Waals surface area contributed by atoms with Crippen molar-refractivity contribution in [3.05, 3.63) is 46.1 Å². The topological polar surface area (TPSA) is 91.5 Å². The number of aromatic nitrogens is 1. The van der Waals surface area contributed by atoms with Crippen LogP contribution in [-0.2, 0) is 25.5 Å². The molecule has 2 N–H and O–H groups in total. The van der Waals surface area contributed by atoms with Crippen LogP contribution < -0.4 is 5.73 Å². The molecule has 32 heavy (non-hydrogen) atoms. The second-order valence-corrected chi connectivity index (χ2v) is 9.00. The van der Waals surface area contributed by atoms with Gasteiger partial charge in [-0.25, -0.2) is 0 Å². The number of anilines is 1.